The Hall–Kier alpha value is -2.40. The predicted molar refractivity (Wildman–Crippen MR) is 96.2 cm³/mol. The summed E-state index contributed by atoms with van der Waals surface area (Å²) >= 11 is 0. The molecule has 1 amide bonds. The van der Waals surface area contributed by atoms with Gasteiger partial charge in [0.1, 0.15) is 5.82 Å². The molecule has 0 unspecified atom stereocenters. The van der Waals surface area contributed by atoms with Gasteiger partial charge in [-0.25, -0.2) is 4.39 Å². The number of aryl methyl sites for hydroxylation is 1. The van der Waals surface area contributed by atoms with E-state index >= 15 is 0 Å². The molecule has 0 bridgehead atoms. The van der Waals surface area contributed by atoms with Gasteiger partial charge in [-0.3, -0.25) is 4.79 Å². The predicted octanol–water partition coefficient (Wildman–Crippen LogP) is 3.03. The van der Waals surface area contributed by atoms with Crippen LogP contribution in [-0.4, -0.2) is 24.1 Å². The molecule has 2 aromatic rings. The summed E-state index contributed by atoms with van der Waals surface area (Å²) in [6, 6.07) is 10.5. The van der Waals surface area contributed by atoms with Crippen molar-refractivity contribution in [3.05, 3.63) is 64.5 Å². The number of carbonyl (C=O) groups is 1. The Morgan fingerprint density at radius 2 is 1.80 bits per heavy atom. The number of benzene rings is 2. The van der Waals surface area contributed by atoms with Gasteiger partial charge in [0.25, 0.3) is 5.91 Å². The number of nitrogens with zero attached hydrogens (tertiary/aromatic N) is 1. The van der Waals surface area contributed by atoms with Gasteiger partial charge >= 0.3 is 0 Å². The van der Waals surface area contributed by atoms with E-state index < -0.39 is 17.3 Å². The van der Waals surface area contributed by atoms with Crippen molar-refractivity contribution in [1.29, 1.82) is 0 Å². The van der Waals surface area contributed by atoms with E-state index in [0.29, 0.717) is 31.6 Å². The van der Waals surface area contributed by atoms with Gasteiger partial charge in [-0.2, -0.15) is 0 Å². The standard InChI is InChI=1S/C20H23FN2O2/c1-13-5-3-6-15(14(13)2)20(25)9-11-23(12-10-20)17-8-4-7-16(21)18(17)19(22)24/h3-8,25H,9-12H2,1-2H3,(H2,22,24). The van der Waals surface area contributed by atoms with E-state index in [0.717, 1.165) is 16.7 Å². The fraction of sp³-hybridized carbons (Fsp3) is 0.350. The summed E-state index contributed by atoms with van der Waals surface area (Å²) in [4.78, 5) is 13.5. The average molecular weight is 342 g/mol. The first-order valence-corrected chi connectivity index (χ1v) is 8.46. The summed E-state index contributed by atoms with van der Waals surface area (Å²) in [6.07, 6.45) is 1.01. The van der Waals surface area contributed by atoms with Gasteiger partial charge in [-0.15, -0.1) is 0 Å². The van der Waals surface area contributed by atoms with Crippen LogP contribution in [-0.2, 0) is 5.60 Å². The number of rotatable bonds is 3. The summed E-state index contributed by atoms with van der Waals surface area (Å²) < 4.78 is 14.0. The molecule has 0 aromatic heterocycles. The van der Waals surface area contributed by atoms with Crippen LogP contribution in [0.2, 0.25) is 0 Å². The van der Waals surface area contributed by atoms with Gasteiger partial charge in [0.2, 0.25) is 0 Å². The smallest absolute Gasteiger partial charge is 0.253 e. The lowest BCUT2D eigenvalue weighted by Crippen LogP contribution is -2.43. The Kier molecular flexibility index (Phi) is 4.52. The SMILES string of the molecule is Cc1cccc(C2(O)CCN(c3cccc(F)c3C(N)=O)CC2)c1C. The highest BCUT2D eigenvalue weighted by atomic mass is 19.1. The largest absolute Gasteiger partial charge is 0.385 e. The minimum Gasteiger partial charge on any atom is -0.385 e. The normalized spacial score (nSPS) is 16.7. The molecule has 132 valence electrons. The maximum Gasteiger partial charge on any atom is 0.253 e. The molecule has 0 spiro atoms. The molecule has 1 saturated heterocycles. The fourth-order valence-corrected chi connectivity index (χ4v) is 3.66. The lowest BCUT2D eigenvalue weighted by Gasteiger charge is -2.41. The highest BCUT2D eigenvalue weighted by Crippen LogP contribution is 2.37. The molecule has 0 aliphatic carbocycles. The van der Waals surface area contributed by atoms with E-state index in [1.54, 1.807) is 12.1 Å². The van der Waals surface area contributed by atoms with Crippen LogP contribution in [0.15, 0.2) is 36.4 Å². The summed E-state index contributed by atoms with van der Waals surface area (Å²) in [7, 11) is 0. The van der Waals surface area contributed by atoms with Crippen molar-refractivity contribution in [3.63, 3.8) is 0 Å². The molecule has 1 fully saturated rings. The molecule has 25 heavy (non-hydrogen) atoms. The van der Waals surface area contributed by atoms with Gasteiger partial charge in [0, 0.05) is 13.1 Å². The Bertz CT molecular complexity index is 811. The van der Waals surface area contributed by atoms with E-state index in [1.165, 1.54) is 6.07 Å². The number of amides is 1. The summed E-state index contributed by atoms with van der Waals surface area (Å²) in [5.41, 5.74) is 8.04. The lowest BCUT2D eigenvalue weighted by molar-refractivity contribution is 0.0111. The third kappa shape index (κ3) is 3.12. The monoisotopic (exact) mass is 342 g/mol. The molecule has 1 heterocycles. The number of hydrogen-bond donors (Lipinski definition) is 2. The van der Waals surface area contributed by atoms with E-state index in [9.17, 15) is 14.3 Å². The molecule has 4 nitrogen and oxygen atoms in total. The number of piperidine rings is 1. The number of primary amides is 1. The molecule has 0 radical (unpaired) electrons. The summed E-state index contributed by atoms with van der Waals surface area (Å²) in [6.45, 7) is 5.09. The molecule has 3 rings (SSSR count). The van der Waals surface area contributed by atoms with Gasteiger partial charge in [0.05, 0.1) is 16.9 Å². The highest BCUT2D eigenvalue weighted by molar-refractivity contribution is 5.99. The number of aliphatic hydroxyl groups is 1. The van der Waals surface area contributed by atoms with E-state index in [2.05, 4.69) is 0 Å². The van der Waals surface area contributed by atoms with Crippen LogP contribution in [0.1, 0.15) is 39.9 Å². The minimum atomic E-state index is -0.910. The topological polar surface area (TPSA) is 66.6 Å². The van der Waals surface area contributed by atoms with Crippen molar-refractivity contribution in [1.82, 2.24) is 0 Å². The number of halogens is 1. The van der Waals surface area contributed by atoms with Crippen LogP contribution in [0.3, 0.4) is 0 Å². The fourth-order valence-electron chi connectivity index (χ4n) is 3.66. The van der Waals surface area contributed by atoms with Gasteiger partial charge in [-0.05, 0) is 55.5 Å². The number of hydrogen-bond acceptors (Lipinski definition) is 3. The average Bonchev–Trinajstić information content (AvgIpc) is 2.57. The maximum absolute atomic E-state index is 14.0. The number of nitrogens with two attached hydrogens (primary N) is 1. The molecule has 1 aliphatic heterocycles. The number of anilines is 1. The van der Waals surface area contributed by atoms with Crippen LogP contribution >= 0.6 is 0 Å². The molecular weight excluding hydrogens is 319 g/mol. The quantitative estimate of drug-likeness (QED) is 0.901. The van der Waals surface area contributed by atoms with Gasteiger partial charge in [0.15, 0.2) is 0 Å². The second-order valence-electron chi connectivity index (χ2n) is 6.76. The Morgan fingerprint density at radius 3 is 2.44 bits per heavy atom. The third-order valence-electron chi connectivity index (χ3n) is 5.28. The van der Waals surface area contributed by atoms with Crippen molar-refractivity contribution in [3.8, 4) is 0 Å². The maximum atomic E-state index is 14.0. The van der Waals surface area contributed by atoms with Crippen LogP contribution in [0.4, 0.5) is 10.1 Å². The van der Waals surface area contributed by atoms with Crippen molar-refractivity contribution < 1.29 is 14.3 Å². The molecule has 0 saturated carbocycles. The first-order valence-electron chi connectivity index (χ1n) is 8.46. The second kappa shape index (κ2) is 6.48. The third-order valence-corrected chi connectivity index (χ3v) is 5.28. The molecule has 0 atom stereocenters. The first kappa shape index (κ1) is 17.4. The number of carbonyl (C=O) groups excluding carboxylic acids is 1. The highest BCUT2D eigenvalue weighted by Gasteiger charge is 2.36. The van der Waals surface area contributed by atoms with Crippen LogP contribution in [0, 0.1) is 19.7 Å². The lowest BCUT2D eigenvalue weighted by atomic mass is 9.81. The van der Waals surface area contributed by atoms with Gasteiger partial charge < -0.3 is 15.7 Å². The minimum absolute atomic E-state index is 0.0836. The van der Waals surface area contributed by atoms with Crippen molar-refractivity contribution in [2.75, 3.05) is 18.0 Å². The molecule has 3 N–H and O–H groups in total. The summed E-state index contributed by atoms with van der Waals surface area (Å²) in [5, 5.41) is 11.2. The Labute approximate surface area is 147 Å². The zero-order valence-corrected chi connectivity index (χ0v) is 14.6. The molecule has 5 heteroatoms. The Morgan fingerprint density at radius 1 is 1.16 bits per heavy atom. The molecule has 2 aromatic carbocycles. The molecule has 1 aliphatic rings. The van der Waals surface area contributed by atoms with Gasteiger partial charge in [-0.1, -0.05) is 24.3 Å². The zero-order valence-electron chi connectivity index (χ0n) is 14.6. The summed E-state index contributed by atoms with van der Waals surface area (Å²) in [5.74, 6) is -1.39. The van der Waals surface area contributed by atoms with E-state index in [4.69, 9.17) is 5.73 Å². The first-order chi connectivity index (χ1) is 11.8. The van der Waals surface area contributed by atoms with Crippen LogP contribution in [0.25, 0.3) is 0 Å². The van der Waals surface area contributed by atoms with Crippen molar-refractivity contribution in [2.24, 2.45) is 5.73 Å². The zero-order chi connectivity index (χ0) is 18.2. The van der Waals surface area contributed by atoms with E-state index in [1.807, 2.05) is 36.9 Å². The van der Waals surface area contributed by atoms with Crippen molar-refractivity contribution >= 4 is 11.6 Å². The Balaban J connectivity index is 1.86. The van der Waals surface area contributed by atoms with E-state index in [-0.39, 0.29) is 5.56 Å². The van der Waals surface area contributed by atoms with Crippen molar-refractivity contribution in [2.45, 2.75) is 32.3 Å². The second-order valence-corrected chi connectivity index (χ2v) is 6.76. The van der Waals surface area contributed by atoms with Crippen LogP contribution in [0.5, 0.6) is 0 Å². The molecular formula is C20H23FN2O2. The van der Waals surface area contributed by atoms with Crippen LogP contribution < -0.4 is 10.6 Å².